The highest BCUT2D eigenvalue weighted by atomic mass is 28.4. The first kappa shape index (κ1) is 13.8. The van der Waals surface area contributed by atoms with Gasteiger partial charge in [-0.2, -0.15) is 0 Å². The van der Waals surface area contributed by atoms with Gasteiger partial charge in [-0.3, -0.25) is 0 Å². The van der Waals surface area contributed by atoms with Crippen LogP contribution in [0.4, 0.5) is 0 Å². The second kappa shape index (κ2) is 6.00. The van der Waals surface area contributed by atoms with Crippen LogP contribution in [-0.2, 0) is 4.43 Å². The van der Waals surface area contributed by atoms with Crippen LogP contribution < -0.4 is 10.4 Å². The van der Waals surface area contributed by atoms with Gasteiger partial charge in [-0.25, -0.2) is 0 Å². The van der Waals surface area contributed by atoms with Crippen LogP contribution in [0.1, 0.15) is 5.56 Å². The average molecular weight is 268 g/mol. The Balaban J connectivity index is 2.64. The van der Waals surface area contributed by atoms with Crippen molar-refractivity contribution in [3.05, 3.63) is 72.8 Å². The molecule has 0 N–H and O–H groups in total. The van der Waals surface area contributed by atoms with Gasteiger partial charge < -0.3 is 4.43 Å². The number of rotatable bonds is 5. The van der Waals surface area contributed by atoms with Crippen LogP contribution >= 0.6 is 0 Å². The summed E-state index contributed by atoms with van der Waals surface area (Å²) in [5.74, 6) is 0. The van der Waals surface area contributed by atoms with E-state index < -0.39 is 8.32 Å². The van der Waals surface area contributed by atoms with Crippen LogP contribution in [0, 0.1) is 6.92 Å². The predicted octanol–water partition coefficient (Wildman–Crippen LogP) is 2.89. The molecule has 0 saturated carbocycles. The number of aryl methyl sites for hydroxylation is 1. The number of allylic oxidation sites excluding steroid dienone is 1. The normalized spacial score (nSPS) is 13.8. The molecule has 2 heteroatoms. The van der Waals surface area contributed by atoms with E-state index in [9.17, 15) is 0 Å². The molecule has 19 heavy (non-hydrogen) atoms. The zero-order chi connectivity index (χ0) is 13.7. The molecule has 0 aliphatic carbocycles. The van der Waals surface area contributed by atoms with Gasteiger partial charge >= 0.3 is 0 Å². The molecule has 0 radical (unpaired) electrons. The Hall–Kier alpha value is -1.64. The maximum absolute atomic E-state index is 6.10. The van der Waals surface area contributed by atoms with E-state index in [2.05, 4.69) is 62.0 Å². The third-order valence-electron chi connectivity index (χ3n) is 3.60. The van der Waals surface area contributed by atoms with Gasteiger partial charge in [0.2, 0.25) is 0 Å². The van der Waals surface area contributed by atoms with Crippen molar-refractivity contribution in [2.24, 2.45) is 0 Å². The second-order valence-corrected chi connectivity index (χ2v) is 8.29. The maximum Gasteiger partial charge on any atom is 0.259 e. The lowest BCUT2D eigenvalue weighted by Gasteiger charge is -2.31. The van der Waals surface area contributed by atoms with Crippen molar-refractivity contribution in [3.63, 3.8) is 0 Å². The van der Waals surface area contributed by atoms with Gasteiger partial charge in [0.05, 0.1) is 0 Å². The second-order valence-electron chi connectivity index (χ2n) is 4.70. The summed E-state index contributed by atoms with van der Waals surface area (Å²) in [5, 5.41) is 2.63. The summed E-state index contributed by atoms with van der Waals surface area (Å²) in [6.45, 7) is 6.08. The van der Waals surface area contributed by atoms with Crippen LogP contribution in [0.5, 0.6) is 0 Å². The molecular formula is C17H20OSi. The molecule has 2 aromatic carbocycles. The van der Waals surface area contributed by atoms with E-state index in [1.165, 1.54) is 15.9 Å². The summed E-state index contributed by atoms with van der Waals surface area (Å²) in [6.07, 6.45) is 1.98. The largest absolute Gasteiger partial charge is 0.411 e. The minimum absolute atomic E-state index is 0.887. The third kappa shape index (κ3) is 2.55. The Kier molecular flexibility index (Phi) is 4.35. The summed E-state index contributed by atoms with van der Waals surface area (Å²) in [5.41, 5.74) is 1.29. The molecule has 0 fully saturated rings. The van der Waals surface area contributed by atoms with Gasteiger partial charge in [0.15, 0.2) is 0 Å². The van der Waals surface area contributed by atoms with Crippen LogP contribution in [0.25, 0.3) is 0 Å². The molecule has 0 amide bonds. The summed E-state index contributed by atoms with van der Waals surface area (Å²) in [7, 11) is -0.356. The Morgan fingerprint density at radius 2 is 1.68 bits per heavy atom. The van der Waals surface area contributed by atoms with Gasteiger partial charge in [0.1, 0.15) is 0 Å². The minimum Gasteiger partial charge on any atom is -0.411 e. The van der Waals surface area contributed by atoms with Crippen LogP contribution in [0.2, 0.25) is 6.04 Å². The lowest BCUT2D eigenvalue weighted by Crippen LogP contribution is -2.60. The molecule has 1 unspecified atom stereocenters. The molecule has 0 heterocycles. The number of benzene rings is 2. The molecule has 0 saturated heterocycles. The van der Waals surface area contributed by atoms with Gasteiger partial charge in [0, 0.05) is 7.11 Å². The topological polar surface area (TPSA) is 9.23 Å². The first-order valence-corrected chi connectivity index (χ1v) is 8.64. The maximum atomic E-state index is 6.10. The summed E-state index contributed by atoms with van der Waals surface area (Å²) in [6, 6.07) is 20.0. The fourth-order valence-corrected chi connectivity index (χ4v) is 6.24. The molecule has 0 aromatic heterocycles. The zero-order valence-electron chi connectivity index (χ0n) is 11.6. The fourth-order valence-electron chi connectivity index (χ4n) is 2.63. The van der Waals surface area contributed by atoms with E-state index in [-0.39, 0.29) is 0 Å². The first-order chi connectivity index (χ1) is 9.24. The zero-order valence-corrected chi connectivity index (χ0v) is 12.6. The Morgan fingerprint density at radius 3 is 2.26 bits per heavy atom. The lowest BCUT2D eigenvalue weighted by molar-refractivity contribution is 0.418. The van der Waals surface area contributed by atoms with E-state index in [0.29, 0.717) is 0 Å². The van der Waals surface area contributed by atoms with Gasteiger partial charge in [-0.05, 0) is 28.9 Å². The van der Waals surface area contributed by atoms with Gasteiger partial charge in [-0.1, -0.05) is 60.7 Å². The van der Waals surface area contributed by atoms with E-state index in [1.807, 2.05) is 19.3 Å². The van der Waals surface area contributed by atoms with Crippen molar-refractivity contribution >= 4 is 18.7 Å². The average Bonchev–Trinajstić information content (AvgIpc) is 2.47. The van der Waals surface area contributed by atoms with E-state index in [1.54, 1.807) is 0 Å². The van der Waals surface area contributed by atoms with E-state index in [4.69, 9.17) is 4.43 Å². The standard InChI is InChI=1S/C17H20OSi/c1-4-14-19(18-3,16-11-6-5-7-12-16)17-13-9-8-10-15(17)2/h4-13H,1,14H2,2-3H3. The highest BCUT2D eigenvalue weighted by Crippen LogP contribution is 2.15. The van der Waals surface area contributed by atoms with Crippen molar-refractivity contribution in [1.29, 1.82) is 0 Å². The number of hydrogen-bond donors (Lipinski definition) is 0. The molecule has 2 rings (SSSR count). The molecule has 0 spiro atoms. The molecule has 98 valence electrons. The lowest BCUT2D eigenvalue weighted by atomic mass is 10.2. The third-order valence-corrected chi connectivity index (χ3v) is 7.86. The smallest absolute Gasteiger partial charge is 0.259 e. The van der Waals surface area contributed by atoms with Crippen LogP contribution in [-0.4, -0.2) is 15.4 Å². The van der Waals surface area contributed by atoms with Crippen molar-refractivity contribution < 1.29 is 4.43 Å². The molecule has 1 atom stereocenters. The van der Waals surface area contributed by atoms with E-state index in [0.717, 1.165) is 6.04 Å². The highest BCUT2D eigenvalue weighted by molar-refractivity contribution is 6.98. The van der Waals surface area contributed by atoms with E-state index >= 15 is 0 Å². The Bertz CT molecular complexity index is 550. The minimum atomic E-state index is -2.18. The monoisotopic (exact) mass is 268 g/mol. The number of hydrogen-bond acceptors (Lipinski definition) is 1. The van der Waals surface area contributed by atoms with Gasteiger partial charge in [-0.15, -0.1) is 6.58 Å². The highest BCUT2D eigenvalue weighted by Gasteiger charge is 2.38. The van der Waals surface area contributed by atoms with Crippen molar-refractivity contribution in [2.75, 3.05) is 7.11 Å². The van der Waals surface area contributed by atoms with Crippen molar-refractivity contribution in [2.45, 2.75) is 13.0 Å². The quantitative estimate of drug-likeness (QED) is 0.598. The molecule has 2 aromatic rings. The van der Waals surface area contributed by atoms with Crippen molar-refractivity contribution in [1.82, 2.24) is 0 Å². The Morgan fingerprint density at radius 1 is 1.05 bits per heavy atom. The Labute approximate surface area is 116 Å². The summed E-state index contributed by atoms with van der Waals surface area (Å²) < 4.78 is 6.10. The van der Waals surface area contributed by atoms with Crippen LogP contribution in [0.15, 0.2) is 67.3 Å². The first-order valence-electron chi connectivity index (χ1n) is 6.52. The molecule has 1 nitrogen and oxygen atoms in total. The molecule has 0 aliphatic rings. The van der Waals surface area contributed by atoms with Crippen molar-refractivity contribution in [3.8, 4) is 0 Å². The summed E-state index contributed by atoms with van der Waals surface area (Å²) in [4.78, 5) is 0. The SMILES string of the molecule is C=CC[Si](OC)(c1ccccc1)c1ccccc1C. The molecule has 0 bridgehead atoms. The van der Waals surface area contributed by atoms with Gasteiger partial charge in [0.25, 0.3) is 8.32 Å². The molecule has 0 aliphatic heterocycles. The fraction of sp³-hybridized carbons (Fsp3) is 0.176. The molecular weight excluding hydrogens is 248 g/mol. The predicted molar refractivity (Wildman–Crippen MR) is 84.7 cm³/mol. The summed E-state index contributed by atoms with van der Waals surface area (Å²) >= 11 is 0. The van der Waals surface area contributed by atoms with Crippen LogP contribution in [0.3, 0.4) is 0 Å².